The van der Waals surface area contributed by atoms with Crippen molar-refractivity contribution in [3.63, 3.8) is 0 Å². The van der Waals surface area contributed by atoms with E-state index in [0.29, 0.717) is 0 Å². The largest absolute Gasteiger partial charge is 0.438 e. The van der Waals surface area contributed by atoms with Gasteiger partial charge in [0.15, 0.2) is 21.9 Å². The molecule has 0 radical (unpaired) electrons. The van der Waals surface area contributed by atoms with E-state index in [-0.39, 0.29) is 18.1 Å². The second-order valence-corrected chi connectivity index (χ2v) is 8.59. The zero-order chi connectivity index (χ0) is 16.7. The van der Waals surface area contributed by atoms with Crippen molar-refractivity contribution in [1.82, 2.24) is 9.88 Å². The molecule has 1 saturated heterocycles. The molecule has 0 N–H and O–H groups in total. The van der Waals surface area contributed by atoms with Crippen LogP contribution in [0.5, 0.6) is 0 Å². The van der Waals surface area contributed by atoms with Crippen molar-refractivity contribution < 1.29 is 26.4 Å². The number of carbonyl (C=O) groups excluding carboxylic acids is 1. The molecule has 1 aliphatic heterocycles. The molecule has 1 amide bonds. The number of oxazole rings is 1. The number of nitrogens with zero attached hydrogens (tertiary/aromatic N) is 2. The minimum absolute atomic E-state index is 0.0491. The highest BCUT2D eigenvalue weighted by Crippen LogP contribution is 2.31. The van der Waals surface area contributed by atoms with Crippen LogP contribution in [-0.2, 0) is 9.84 Å². The van der Waals surface area contributed by atoms with Gasteiger partial charge in [0, 0.05) is 6.54 Å². The Kier molecular flexibility index (Phi) is 4.29. The molecule has 1 fully saturated rings. The summed E-state index contributed by atoms with van der Waals surface area (Å²) in [6.45, 7) is 5.35. The smallest absolute Gasteiger partial charge is 0.292 e. The standard InChI is InChI=1S/C13H18F2N2O4S/c1-13(2,3)8-6-22(19,20)5-4-17(8)12(18)10-9(11(14)15)16-7-21-10/h7-8,11H,4-6H2,1-3H3. The van der Waals surface area contributed by atoms with Crippen LogP contribution in [0.4, 0.5) is 8.78 Å². The monoisotopic (exact) mass is 336 g/mol. The normalized spacial score (nSPS) is 22.1. The Bertz CT molecular complexity index is 664. The number of sulfone groups is 1. The summed E-state index contributed by atoms with van der Waals surface area (Å²) < 4.78 is 54.2. The van der Waals surface area contributed by atoms with Crippen molar-refractivity contribution in [1.29, 1.82) is 0 Å². The third-order valence-electron chi connectivity index (χ3n) is 3.69. The van der Waals surface area contributed by atoms with E-state index >= 15 is 0 Å². The molecule has 0 spiro atoms. The van der Waals surface area contributed by atoms with E-state index in [2.05, 4.69) is 4.98 Å². The number of amides is 1. The lowest BCUT2D eigenvalue weighted by molar-refractivity contribution is 0.0518. The third kappa shape index (κ3) is 3.29. The molecule has 124 valence electrons. The molecule has 2 rings (SSSR count). The highest BCUT2D eigenvalue weighted by atomic mass is 32.2. The van der Waals surface area contributed by atoms with E-state index in [4.69, 9.17) is 4.42 Å². The van der Waals surface area contributed by atoms with Crippen LogP contribution in [0.15, 0.2) is 10.8 Å². The number of rotatable bonds is 2. The van der Waals surface area contributed by atoms with Crippen LogP contribution in [0, 0.1) is 5.41 Å². The molecule has 22 heavy (non-hydrogen) atoms. The molecule has 1 unspecified atom stereocenters. The van der Waals surface area contributed by atoms with Crippen molar-refractivity contribution in [2.75, 3.05) is 18.1 Å². The fraction of sp³-hybridized carbons (Fsp3) is 0.692. The van der Waals surface area contributed by atoms with E-state index in [1.807, 2.05) is 0 Å². The van der Waals surface area contributed by atoms with Gasteiger partial charge in [-0.15, -0.1) is 0 Å². The lowest BCUT2D eigenvalue weighted by Gasteiger charge is -2.42. The lowest BCUT2D eigenvalue weighted by atomic mass is 9.86. The summed E-state index contributed by atoms with van der Waals surface area (Å²) in [5.74, 6) is -1.66. The minimum atomic E-state index is -3.27. The SMILES string of the molecule is CC(C)(C)C1CS(=O)(=O)CCN1C(=O)c1ocnc1C(F)F. The molecular formula is C13H18F2N2O4S. The van der Waals surface area contributed by atoms with Gasteiger partial charge in [-0.25, -0.2) is 22.2 Å². The second-order valence-electron chi connectivity index (χ2n) is 6.36. The van der Waals surface area contributed by atoms with Gasteiger partial charge in [-0.3, -0.25) is 4.79 Å². The van der Waals surface area contributed by atoms with Crippen LogP contribution >= 0.6 is 0 Å². The molecular weight excluding hydrogens is 318 g/mol. The fourth-order valence-electron chi connectivity index (χ4n) is 2.47. The first-order valence-electron chi connectivity index (χ1n) is 6.76. The number of aromatic nitrogens is 1. The summed E-state index contributed by atoms with van der Waals surface area (Å²) in [4.78, 5) is 17.2. The highest BCUT2D eigenvalue weighted by Gasteiger charge is 2.42. The van der Waals surface area contributed by atoms with Gasteiger partial charge in [0.1, 0.15) is 0 Å². The Labute approximate surface area is 127 Å². The molecule has 0 bridgehead atoms. The summed E-state index contributed by atoms with van der Waals surface area (Å²) in [7, 11) is -3.27. The average Bonchev–Trinajstić information content (AvgIpc) is 2.85. The van der Waals surface area contributed by atoms with Gasteiger partial charge in [0.2, 0.25) is 5.76 Å². The van der Waals surface area contributed by atoms with E-state index in [1.165, 1.54) is 4.90 Å². The van der Waals surface area contributed by atoms with E-state index in [0.717, 1.165) is 6.39 Å². The Morgan fingerprint density at radius 2 is 2.09 bits per heavy atom. The van der Waals surface area contributed by atoms with Crippen molar-refractivity contribution in [3.05, 3.63) is 17.8 Å². The number of hydrogen-bond donors (Lipinski definition) is 0. The minimum Gasteiger partial charge on any atom is -0.438 e. The van der Waals surface area contributed by atoms with E-state index < -0.39 is 45.1 Å². The Balaban J connectivity index is 2.37. The summed E-state index contributed by atoms with van der Waals surface area (Å²) in [6.07, 6.45) is -2.14. The van der Waals surface area contributed by atoms with Crippen LogP contribution < -0.4 is 0 Å². The summed E-state index contributed by atoms with van der Waals surface area (Å²) in [5.41, 5.74) is -1.24. The Morgan fingerprint density at radius 1 is 1.45 bits per heavy atom. The number of alkyl halides is 2. The summed E-state index contributed by atoms with van der Waals surface area (Å²) in [6, 6.07) is -0.616. The Hall–Kier alpha value is -1.51. The molecule has 0 aromatic carbocycles. The predicted octanol–water partition coefficient (Wildman–Crippen LogP) is 1.90. The van der Waals surface area contributed by atoms with Crippen LogP contribution in [-0.4, -0.2) is 48.3 Å². The van der Waals surface area contributed by atoms with E-state index in [1.54, 1.807) is 20.8 Å². The molecule has 1 atom stereocenters. The topological polar surface area (TPSA) is 80.5 Å². The van der Waals surface area contributed by atoms with Gasteiger partial charge >= 0.3 is 0 Å². The quantitative estimate of drug-likeness (QED) is 0.824. The molecule has 2 heterocycles. The van der Waals surface area contributed by atoms with Gasteiger partial charge in [-0.1, -0.05) is 20.8 Å². The molecule has 0 aliphatic carbocycles. The fourth-order valence-corrected chi connectivity index (χ4v) is 4.27. The maximum atomic E-state index is 12.9. The van der Waals surface area contributed by atoms with Crippen LogP contribution in [0.3, 0.4) is 0 Å². The Morgan fingerprint density at radius 3 is 2.64 bits per heavy atom. The van der Waals surface area contributed by atoms with Gasteiger partial charge in [0.05, 0.1) is 17.5 Å². The maximum Gasteiger partial charge on any atom is 0.292 e. The zero-order valence-corrected chi connectivity index (χ0v) is 13.4. The predicted molar refractivity (Wildman–Crippen MR) is 74.4 cm³/mol. The lowest BCUT2D eigenvalue weighted by Crippen LogP contribution is -2.56. The van der Waals surface area contributed by atoms with Gasteiger partial charge in [0.25, 0.3) is 12.3 Å². The summed E-state index contributed by atoms with van der Waals surface area (Å²) in [5, 5.41) is 0. The van der Waals surface area contributed by atoms with Gasteiger partial charge in [-0.05, 0) is 5.41 Å². The maximum absolute atomic E-state index is 12.9. The van der Waals surface area contributed by atoms with Crippen molar-refractivity contribution in [3.8, 4) is 0 Å². The average molecular weight is 336 g/mol. The van der Waals surface area contributed by atoms with E-state index in [9.17, 15) is 22.0 Å². The number of carbonyl (C=O) groups is 1. The molecule has 1 aliphatic rings. The van der Waals surface area contributed by atoms with Crippen LogP contribution in [0.2, 0.25) is 0 Å². The first-order valence-corrected chi connectivity index (χ1v) is 8.58. The van der Waals surface area contributed by atoms with Gasteiger partial charge < -0.3 is 9.32 Å². The molecule has 9 heteroatoms. The molecule has 1 aromatic heterocycles. The summed E-state index contributed by atoms with van der Waals surface area (Å²) >= 11 is 0. The molecule has 6 nitrogen and oxygen atoms in total. The van der Waals surface area contributed by atoms with Gasteiger partial charge in [-0.2, -0.15) is 0 Å². The highest BCUT2D eigenvalue weighted by molar-refractivity contribution is 7.91. The first kappa shape index (κ1) is 16.9. The van der Waals surface area contributed by atoms with Crippen molar-refractivity contribution in [2.24, 2.45) is 5.41 Å². The molecule has 1 aromatic rings. The van der Waals surface area contributed by atoms with Crippen molar-refractivity contribution in [2.45, 2.75) is 33.2 Å². The van der Waals surface area contributed by atoms with Crippen molar-refractivity contribution >= 4 is 15.7 Å². The third-order valence-corrected chi connectivity index (χ3v) is 5.32. The first-order chi connectivity index (χ1) is 10.0. The number of hydrogen-bond acceptors (Lipinski definition) is 5. The zero-order valence-electron chi connectivity index (χ0n) is 12.5. The second kappa shape index (κ2) is 5.60. The molecule has 0 saturated carbocycles. The van der Waals surface area contributed by atoms with Crippen LogP contribution in [0.25, 0.3) is 0 Å². The number of halogens is 2. The van der Waals surface area contributed by atoms with Crippen LogP contribution in [0.1, 0.15) is 43.4 Å².